The Balaban J connectivity index is 2.16. The predicted molar refractivity (Wildman–Crippen MR) is 54.3 cm³/mol. The van der Waals surface area contributed by atoms with Crippen molar-refractivity contribution in [1.29, 1.82) is 0 Å². The van der Waals surface area contributed by atoms with Gasteiger partial charge in [0.15, 0.2) is 0 Å². The first-order valence-corrected chi connectivity index (χ1v) is 5.91. The fourth-order valence-corrected chi connectivity index (χ4v) is 2.25. The van der Waals surface area contributed by atoms with Gasteiger partial charge in [0.05, 0.1) is 6.61 Å². The van der Waals surface area contributed by atoms with Crippen LogP contribution in [0.4, 0.5) is 0 Å². The van der Waals surface area contributed by atoms with Gasteiger partial charge < -0.3 is 4.74 Å². The number of hydrogen-bond donors (Lipinski definition) is 0. The molecule has 1 rings (SSSR count). The van der Waals surface area contributed by atoms with E-state index in [9.17, 15) is 0 Å². The van der Waals surface area contributed by atoms with E-state index in [0.717, 1.165) is 19.1 Å². The summed E-state index contributed by atoms with van der Waals surface area (Å²) in [6.45, 7) is 6.58. The average molecular weight is 189 g/mol. The maximum absolute atomic E-state index is 5.34. The summed E-state index contributed by atoms with van der Waals surface area (Å²) in [6.07, 6.45) is 4.65. The Labute approximate surface area is 79.8 Å². The van der Waals surface area contributed by atoms with Gasteiger partial charge in [-0.2, -0.15) is 0 Å². The first-order chi connectivity index (χ1) is 5.86. The Morgan fingerprint density at radius 3 is 2.92 bits per heavy atom. The molecule has 0 saturated carbocycles. The summed E-state index contributed by atoms with van der Waals surface area (Å²) in [5.41, 5.74) is 0. The largest absolute Gasteiger partial charge is 0.381 e. The highest BCUT2D eigenvalue weighted by Gasteiger charge is 2.18. The molecule has 0 bridgehead atoms. The van der Waals surface area contributed by atoms with Crippen molar-refractivity contribution in [2.24, 2.45) is 5.92 Å². The maximum atomic E-state index is 5.34. The van der Waals surface area contributed by atoms with E-state index in [-0.39, 0.29) is 0 Å². The number of rotatable bonds is 5. The zero-order valence-corrected chi connectivity index (χ0v) is 8.90. The summed E-state index contributed by atoms with van der Waals surface area (Å²) in [7, 11) is 0. The van der Waals surface area contributed by atoms with E-state index in [4.69, 9.17) is 4.74 Å². The smallest absolute Gasteiger partial charge is 0.0507 e. The molecule has 1 saturated heterocycles. The lowest BCUT2D eigenvalue weighted by Crippen LogP contribution is -2.24. The molecule has 0 aromatic heterocycles. The van der Waals surface area contributed by atoms with Crippen LogP contribution in [0.2, 0.25) is 0 Å². The van der Waals surface area contributed by atoms with Crippen LogP contribution in [-0.2, 0) is 4.74 Å². The Morgan fingerprint density at radius 2 is 2.42 bits per heavy atom. The third-order valence-corrected chi connectivity index (χ3v) is 3.07. The van der Waals surface area contributed by atoms with Crippen molar-refractivity contribution in [2.75, 3.05) is 32.6 Å². The summed E-state index contributed by atoms with van der Waals surface area (Å²) < 4.78 is 7.79. The molecule has 1 aliphatic heterocycles. The molecule has 1 atom stereocenters. The van der Waals surface area contributed by atoms with Crippen LogP contribution in [0.3, 0.4) is 0 Å². The molecule has 1 heterocycles. The van der Waals surface area contributed by atoms with E-state index < -0.39 is 0 Å². The second-order valence-electron chi connectivity index (χ2n) is 3.30. The summed E-state index contributed by atoms with van der Waals surface area (Å²) >= 11 is 1.86. The van der Waals surface area contributed by atoms with Gasteiger partial charge in [0.25, 0.3) is 0 Å². The molecule has 72 valence electrons. The zero-order chi connectivity index (χ0) is 8.81. The van der Waals surface area contributed by atoms with E-state index >= 15 is 0 Å². The second kappa shape index (κ2) is 5.84. The molecule has 1 aliphatic rings. The lowest BCUT2D eigenvalue weighted by atomic mass is 10.1. The normalized spacial score (nSPS) is 23.8. The van der Waals surface area contributed by atoms with E-state index in [0.29, 0.717) is 0 Å². The van der Waals surface area contributed by atoms with Crippen LogP contribution in [0, 0.1) is 5.92 Å². The minimum absolute atomic E-state index is 0.781. The first kappa shape index (κ1) is 10.4. The molecule has 3 heteroatoms. The third-order valence-electron chi connectivity index (χ3n) is 2.22. The summed E-state index contributed by atoms with van der Waals surface area (Å²) in [5, 5.41) is 0. The van der Waals surface area contributed by atoms with Crippen LogP contribution < -0.4 is 0 Å². The van der Waals surface area contributed by atoms with E-state index in [1.165, 1.54) is 25.9 Å². The first-order valence-electron chi connectivity index (χ1n) is 4.73. The molecular weight excluding hydrogens is 170 g/mol. The fourth-order valence-electron chi connectivity index (χ4n) is 1.52. The lowest BCUT2D eigenvalue weighted by molar-refractivity contribution is 0.181. The maximum Gasteiger partial charge on any atom is 0.0507 e. The van der Waals surface area contributed by atoms with Gasteiger partial charge in [-0.3, -0.25) is 4.31 Å². The molecule has 12 heavy (non-hydrogen) atoms. The van der Waals surface area contributed by atoms with Gasteiger partial charge in [-0.25, -0.2) is 0 Å². The molecule has 0 aromatic rings. The minimum Gasteiger partial charge on any atom is -0.381 e. The summed E-state index contributed by atoms with van der Waals surface area (Å²) in [5.74, 6) is 0.781. The van der Waals surface area contributed by atoms with Crippen LogP contribution in [0.5, 0.6) is 0 Å². The van der Waals surface area contributed by atoms with Crippen LogP contribution in [0.15, 0.2) is 0 Å². The highest BCUT2D eigenvalue weighted by atomic mass is 32.2. The van der Waals surface area contributed by atoms with Crippen molar-refractivity contribution < 1.29 is 4.74 Å². The molecular formula is C9H19NOS. The predicted octanol–water partition coefficient (Wildman–Crippen LogP) is 2.01. The second-order valence-corrected chi connectivity index (χ2v) is 4.18. The topological polar surface area (TPSA) is 12.5 Å². The summed E-state index contributed by atoms with van der Waals surface area (Å²) in [4.78, 5) is 0. The van der Waals surface area contributed by atoms with Gasteiger partial charge in [0.1, 0.15) is 0 Å². The van der Waals surface area contributed by atoms with Gasteiger partial charge in [-0.1, -0.05) is 18.9 Å². The Kier molecular flexibility index (Phi) is 5.04. The minimum atomic E-state index is 0.781. The molecule has 2 nitrogen and oxygen atoms in total. The monoisotopic (exact) mass is 189 g/mol. The Hall–Kier alpha value is 0.270. The number of nitrogens with zero attached hydrogens (tertiary/aromatic N) is 1. The molecule has 0 radical (unpaired) electrons. The van der Waals surface area contributed by atoms with Crippen LogP contribution in [0.1, 0.15) is 19.8 Å². The average Bonchev–Trinajstić information content (AvgIpc) is 2.56. The van der Waals surface area contributed by atoms with Crippen molar-refractivity contribution in [1.82, 2.24) is 4.31 Å². The molecule has 1 unspecified atom stereocenters. The summed E-state index contributed by atoms with van der Waals surface area (Å²) in [6, 6.07) is 0. The van der Waals surface area contributed by atoms with Crippen molar-refractivity contribution in [3.8, 4) is 0 Å². The van der Waals surface area contributed by atoms with Crippen molar-refractivity contribution >= 4 is 11.9 Å². The van der Waals surface area contributed by atoms with Gasteiger partial charge in [-0.05, 0) is 25.0 Å². The van der Waals surface area contributed by atoms with Gasteiger partial charge in [0, 0.05) is 19.7 Å². The van der Waals surface area contributed by atoms with Gasteiger partial charge in [-0.15, -0.1) is 0 Å². The highest BCUT2D eigenvalue weighted by molar-refractivity contribution is 7.96. The molecule has 0 N–H and O–H groups in total. The quantitative estimate of drug-likeness (QED) is 0.614. The molecule has 0 amide bonds. The zero-order valence-electron chi connectivity index (χ0n) is 8.08. The fraction of sp³-hybridized carbons (Fsp3) is 1.00. The highest BCUT2D eigenvalue weighted by Crippen LogP contribution is 2.17. The Bertz CT molecular complexity index is 115. The lowest BCUT2D eigenvalue weighted by Gasteiger charge is -2.21. The molecule has 1 fully saturated rings. The third kappa shape index (κ3) is 3.33. The van der Waals surface area contributed by atoms with Crippen molar-refractivity contribution in [2.45, 2.75) is 19.8 Å². The molecule has 0 aromatic carbocycles. The molecule has 0 aliphatic carbocycles. The van der Waals surface area contributed by atoms with Crippen LogP contribution in [0.25, 0.3) is 0 Å². The van der Waals surface area contributed by atoms with Gasteiger partial charge >= 0.3 is 0 Å². The number of hydrogen-bond acceptors (Lipinski definition) is 3. The molecule has 0 spiro atoms. The number of ether oxygens (including phenoxy) is 1. The van der Waals surface area contributed by atoms with Crippen LogP contribution >= 0.6 is 11.9 Å². The van der Waals surface area contributed by atoms with Crippen molar-refractivity contribution in [3.63, 3.8) is 0 Å². The van der Waals surface area contributed by atoms with Gasteiger partial charge in [0.2, 0.25) is 0 Å². The van der Waals surface area contributed by atoms with Crippen molar-refractivity contribution in [3.05, 3.63) is 0 Å². The van der Waals surface area contributed by atoms with Crippen LogP contribution in [-0.4, -0.2) is 36.9 Å². The SMILES string of the molecule is CCCN(CC1CCOC1)SC. The standard InChI is InChI=1S/C9H19NOS/c1-3-5-10(12-2)7-9-4-6-11-8-9/h9H,3-8H2,1-2H3. The van der Waals surface area contributed by atoms with E-state index in [2.05, 4.69) is 17.5 Å². The Morgan fingerprint density at radius 1 is 1.58 bits per heavy atom. The van der Waals surface area contributed by atoms with E-state index in [1.54, 1.807) is 0 Å². The van der Waals surface area contributed by atoms with E-state index in [1.807, 2.05) is 11.9 Å².